The molecule has 2 atom stereocenters. The van der Waals surface area contributed by atoms with E-state index < -0.39 is 5.82 Å². The molecule has 1 amide bonds. The Morgan fingerprint density at radius 3 is 3.12 bits per heavy atom. The molecular weight excluding hydrogens is 323 g/mol. The summed E-state index contributed by atoms with van der Waals surface area (Å²) < 4.78 is 25.6. The van der Waals surface area contributed by atoms with Crippen LogP contribution in [0.2, 0.25) is 0 Å². The van der Waals surface area contributed by atoms with Gasteiger partial charge in [0.05, 0.1) is 12.7 Å². The zero-order valence-electron chi connectivity index (χ0n) is 14.5. The number of halogens is 1. The van der Waals surface area contributed by atoms with E-state index in [1.807, 2.05) is 4.90 Å². The lowest BCUT2D eigenvalue weighted by molar-refractivity contribution is -0.158. The second-order valence-corrected chi connectivity index (χ2v) is 7.66. The Morgan fingerprint density at radius 2 is 2.32 bits per heavy atom. The number of piperidine rings is 1. The molecule has 136 valence electrons. The molecule has 1 aromatic heterocycles. The normalized spacial score (nSPS) is 29.2. The number of carbonyl (C=O) groups excluding carboxylic acids is 1. The first-order valence-corrected chi connectivity index (χ1v) is 9.29. The predicted molar refractivity (Wildman–Crippen MR) is 89.6 cm³/mol. The molecule has 0 unspecified atom stereocenters. The molecule has 0 aromatic carbocycles. The van der Waals surface area contributed by atoms with Crippen molar-refractivity contribution < 1.29 is 18.7 Å². The van der Waals surface area contributed by atoms with Gasteiger partial charge in [0.1, 0.15) is 0 Å². The van der Waals surface area contributed by atoms with Gasteiger partial charge in [0.25, 0.3) is 0 Å². The third-order valence-electron chi connectivity index (χ3n) is 5.72. The molecule has 0 radical (unpaired) electrons. The lowest BCUT2D eigenvalue weighted by Crippen LogP contribution is -2.58. The fourth-order valence-electron chi connectivity index (χ4n) is 4.10. The summed E-state index contributed by atoms with van der Waals surface area (Å²) in [7, 11) is 0. The highest BCUT2D eigenvalue weighted by molar-refractivity contribution is 5.77. The van der Waals surface area contributed by atoms with Gasteiger partial charge in [0.2, 0.25) is 11.8 Å². The van der Waals surface area contributed by atoms with Crippen LogP contribution in [0, 0.1) is 17.2 Å². The summed E-state index contributed by atoms with van der Waals surface area (Å²) in [6, 6.07) is 2.90. The lowest BCUT2D eigenvalue weighted by atomic mass is 9.73. The summed E-state index contributed by atoms with van der Waals surface area (Å²) in [5.41, 5.74) is -0.264. The van der Waals surface area contributed by atoms with E-state index in [0.717, 1.165) is 32.4 Å². The first kappa shape index (κ1) is 16.8. The number of ether oxygens (including phenoxy) is 2. The van der Waals surface area contributed by atoms with Crippen molar-refractivity contribution in [3.63, 3.8) is 0 Å². The van der Waals surface area contributed by atoms with Crippen molar-refractivity contribution in [2.24, 2.45) is 11.3 Å². The molecule has 0 N–H and O–H groups in total. The topological polar surface area (TPSA) is 51.7 Å². The summed E-state index contributed by atoms with van der Waals surface area (Å²) in [5.74, 6) is 0.407. The Balaban J connectivity index is 1.47. The van der Waals surface area contributed by atoms with E-state index in [0.29, 0.717) is 25.5 Å². The molecule has 6 heteroatoms. The Kier molecular flexibility index (Phi) is 4.63. The van der Waals surface area contributed by atoms with Gasteiger partial charge in [-0.2, -0.15) is 0 Å². The molecule has 3 fully saturated rings. The van der Waals surface area contributed by atoms with Gasteiger partial charge in [0.15, 0.2) is 5.82 Å². The van der Waals surface area contributed by atoms with Crippen molar-refractivity contribution in [1.82, 2.24) is 9.88 Å². The molecule has 1 saturated carbocycles. The van der Waals surface area contributed by atoms with Gasteiger partial charge in [-0.1, -0.05) is 0 Å². The fraction of sp³-hybridized carbons (Fsp3) is 0.684. The number of likely N-dealkylation sites (tertiary alicyclic amines) is 1. The highest BCUT2D eigenvalue weighted by Gasteiger charge is 2.48. The monoisotopic (exact) mass is 348 g/mol. The quantitative estimate of drug-likeness (QED) is 0.821. The van der Waals surface area contributed by atoms with Gasteiger partial charge in [0, 0.05) is 37.7 Å². The second-order valence-electron chi connectivity index (χ2n) is 7.66. The van der Waals surface area contributed by atoms with E-state index >= 15 is 0 Å². The van der Waals surface area contributed by atoms with Gasteiger partial charge >= 0.3 is 0 Å². The summed E-state index contributed by atoms with van der Waals surface area (Å²) in [5, 5.41) is 0. The number of fused-ring (bicyclic) bond motifs is 1. The van der Waals surface area contributed by atoms with Gasteiger partial charge in [-0.15, -0.1) is 0 Å². The van der Waals surface area contributed by atoms with Gasteiger partial charge in [-0.3, -0.25) is 4.79 Å². The molecule has 5 nitrogen and oxygen atoms in total. The number of nitrogens with zero attached hydrogens (tertiary/aromatic N) is 2. The van der Waals surface area contributed by atoms with Crippen LogP contribution in [-0.2, 0) is 9.53 Å². The van der Waals surface area contributed by atoms with Gasteiger partial charge < -0.3 is 14.4 Å². The van der Waals surface area contributed by atoms with E-state index in [2.05, 4.69) is 4.98 Å². The molecule has 4 rings (SSSR count). The number of aromatic nitrogens is 1. The Labute approximate surface area is 147 Å². The molecule has 1 aliphatic carbocycles. The molecule has 0 spiro atoms. The van der Waals surface area contributed by atoms with Crippen LogP contribution in [0.4, 0.5) is 4.39 Å². The van der Waals surface area contributed by atoms with Crippen LogP contribution in [0.1, 0.15) is 38.5 Å². The maximum absolute atomic E-state index is 13.8. The highest BCUT2D eigenvalue weighted by Crippen LogP contribution is 2.41. The first-order chi connectivity index (χ1) is 12.2. The third kappa shape index (κ3) is 3.64. The number of rotatable bonds is 5. The molecule has 1 aromatic rings. The minimum Gasteiger partial charge on any atom is -0.475 e. The van der Waals surface area contributed by atoms with Crippen molar-refractivity contribution in [2.45, 2.75) is 44.6 Å². The van der Waals surface area contributed by atoms with Crippen LogP contribution < -0.4 is 4.74 Å². The molecule has 2 saturated heterocycles. The van der Waals surface area contributed by atoms with Gasteiger partial charge in [-0.05, 0) is 50.2 Å². The standard InChI is InChI=1S/C19H25FN2O3/c20-15-3-1-8-21-18(15)25-13-19-7-2-10-24-16(19)6-9-22(12-19)17(23)11-14-4-5-14/h1,3,8,14,16H,2,4-7,9-13H2/t16-,19-/m1/s1. The number of amides is 1. The van der Waals surface area contributed by atoms with Crippen molar-refractivity contribution in [1.29, 1.82) is 0 Å². The number of hydrogen-bond acceptors (Lipinski definition) is 4. The Morgan fingerprint density at radius 1 is 1.44 bits per heavy atom. The van der Waals surface area contributed by atoms with Crippen molar-refractivity contribution in [3.05, 3.63) is 24.1 Å². The van der Waals surface area contributed by atoms with Crippen molar-refractivity contribution >= 4 is 5.91 Å². The average molecular weight is 348 g/mol. The summed E-state index contributed by atoms with van der Waals surface area (Å²) in [4.78, 5) is 18.5. The number of hydrogen-bond donors (Lipinski definition) is 0. The number of pyridine rings is 1. The summed E-state index contributed by atoms with van der Waals surface area (Å²) in [6.07, 6.45) is 7.31. The minimum absolute atomic E-state index is 0.0302. The maximum atomic E-state index is 13.8. The molecule has 2 aliphatic heterocycles. The SMILES string of the molecule is O=C(CC1CC1)N1CC[C@H]2OCCC[C@]2(COc2ncccc2F)C1. The predicted octanol–water partition coefficient (Wildman–Crippen LogP) is 2.80. The first-order valence-electron chi connectivity index (χ1n) is 9.29. The minimum atomic E-state index is -0.454. The molecule has 25 heavy (non-hydrogen) atoms. The van der Waals surface area contributed by atoms with Crippen LogP contribution in [0.15, 0.2) is 18.3 Å². The summed E-state index contributed by atoms with van der Waals surface area (Å²) >= 11 is 0. The molecule has 3 heterocycles. The number of carbonyl (C=O) groups is 1. The van der Waals surface area contributed by atoms with E-state index in [1.165, 1.54) is 25.1 Å². The molecule has 3 aliphatic rings. The largest absolute Gasteiger partial charge is 0.475 e. The zero-order valence-corrected chi connectivity index (χ0v) is 14.5. The van der Waals surface area contributed by atoms with E-state index in [9.17, 15) is 9.18 Å². The average Bonchev–Trinajstić information content (AvgIpc) is 3.44. The van der Waals surface area contributed by atoms with Crippen molar-refractivity contribution in [2.75, 3.05) is 26.3 Å². The fourth-order valence-corrected chi connectivity index (χ4v) is 4.10. The van der Waals surface area contributed by atoms with Crippen LogP contribution in [0.5, 0.6) is 5.88 Å². The van der Waals surface area contributed by atoms with Crippen molar-refractivity contribution in [3.8, 4) is 5.88 Å². The lowest BCUT2D eigenvalue weighted by Gasteiger charge is -2.50. The van der Waals surface area contributed by atoms with E-state index in [-0.39, 0.29) is 23.3 Å². The Hall–Kier alpha value is -1.69. The Bertz CT molecular complexity index is 637. The van der Waals surface area contributed by atoms with E-state index in [1.54, 1.807) is 6.07 Å². The molecule has 0 bridgehead atoms. The zero-order chi connectivity index (χ0) is 17.3. The van der Waals surface area contributed by atoms with Gasteiger partial charge in [-0.25, -0.2) is 9.37 Å². The third-order valence-corrected chi connectivity index (χ3v) is 5.72. The van der Waals surface area contributed by atoms with Crippen LogP contribution in [0.25, 0.3) is 0 Å². The molecular formula is C19H25FN2O3. The maximum Gasteiger partial charge on any atom is 0.250 e. The van der Waals surface area contributed by atoms with Crippen LogP contribution in [0.3, 0.4) is 0 Å². The smallest absolute Gasteiger partial charge is 0.250 e. The highest BCUT2D eigenvalue weighted by atomic mass is 19.1. The van der Waals surface area contributed by atoms with Crippen LogP contribution >= 0.6 is 0 Å². The summed E-state index contributed by atoms with van der Waals surface area (Å²) in [6.45, 7) is 2.47. The van der Waals surface area contributed by atoms with Crippen LogP contribution in [-0.4, -0.2) is 48.2 Å². The van der Waals surface area contributed by atoms with E-state index in [4.69, 9.17) is 9.47 Å². The second kappa shape index (κ2) is 6.90.